The van der Waals surface area contributed by atoms with Crippen LogP contribution in [0.25, 0.3) is 0 Å². The van der Waals surface area contributed by atoms with Crippen molar-refractivity contribution in [2.45, 2.75) is 19.3 Å². The van der Waals surface area contributed by atoms with Crippen LogP contribution >= 0.6 is 0 Å². The first-order valence-corrected chi connectivity index (χ1v) is 4.97. The number of hydrogen-bond acceptors (Lipinski definition) is 3. The highest BCUT2D eigenvalue weighted by molar-refractivity contribution is 4.57. The van der Waals surface area contributed by atoms with Crippen molar-refractivity contribution in [3.8, 4) is 0 Å². The molecule has 1 fully saturated rings. The van der Waals surface area contributed by atoms with Crippen molar-refractivity contribution in [2.24, 2.45) is 0 Å². The Morgan fingerprint density at radius 1 is 0.667 bits per heavy atom. The number of hydrogen-bond donors (Lipinski definition) is 3. The van der Waals surface area contributed by atoms with Crippen molar-refractivity contribution < 1.29 is 2.82 Å². The molecule has 0 atom stereocenters. The molecule has 1 saturated heterocycles. The van der Waals surface area contributed by atoms with Crippen LogP contribution in [0.4, 0.5) is 0 Å². The third kappa shape index (κ3) is 5.52. The average molecular weight is 173 g/mol. The minimum atomic E-state index is 0.787. The zero-order chi connectivity index (χ0) is 10.2. The summed E-state index contributed by atoms with van der Waals surface area (Å²) in [4.78, 5) is 0. The molecule has 3 heteroatoms. The van der Waals surface area contributed by atoms with E-state index >= 15 is 0 Å². The van der Waals surface area contributed by atoms with Gasteiger partial charge in [-0.05, 0) is 58.5 Å². The first-order valence-electron chi connectivity index (χ1n) is 5.87. The fourth-order valence-corrected chi connectivity index (χ4v) is 1.27. The van der Waals surface area contributed by atoms with Crippen LogP contribution in [-0.2, 0) is 0 Å². The fourth-order valence-electron chi connectivity index (χ4n) is 1.27. The second-order valence-corrected chi connectivity index (χ2v) is 3.15. The van der Waals surface area contributed by atoms with E-state index < -0.39 is 0 Å². The van der Waals surface area contributed by atoms with Gasteiger partial charge in [0.1, 0.15) is 2.82 Å². The SMILES string of the molecule is [2H]N1CCCNCCCN([2H])CCC1. The van der Waals surface area contributed by atoms with E-state index in [9.17, 15) is 0 Å². The second kappa shape index (κ2) is 7.53. The van der Waals surface area contributed by atoms with Gasteiger partial charge in [-0.2, -0.15) is 0 Å². The summed E-state index contributed by atoms with van der Waals surface area (Å²) in [5, 5.41) is 6.54. The molecule has 3 N–H and O–H groups in total. The second-order valence-electron chi connectivity index (χ2n) is 3.15. The van der Waals surface area contributed by atoms with Crippen LogP contribution in [0, 0.1) is 0 Å². The number of nitrogens with one attached hydrogen (secondary N) is 3. The van der Waals surface area contributed by atoms with Gasteiger partial charge in [-0.25, -0.2) is 0 Å². The molecule has 0 unspecified atom stereocenters. The molecule has 0 aromatic rings. The zero-order valence-corrected chi connectivity index (χ0v) is 7.76. The van der Waals surface area contributed by atoms with Gasteiger partial charge in [-0.15, -0.1) is 0 Å². The standard InChI is InChI=1S/C9H21N3/c1-4-10-6-2-8-12-9-3-7-11-5-1/h10-12H,1-9H2/i/hD2. The lowest BCUT2D eigenvalue weighted by Gasteiger charge is -2.09. The first kappa shape index (κ1) is 7.30. The Bertz CT molecular complexity index is 132. The lowest BCUT2D eigenvalue weighted by Crippen LogP contribution is -2.29. The van der Waals surface area contributed by atoms with Crippen molar-refractivity contribution in [1.82, 2.24) is 15.9 Å². The smallest absolute Gasteiger partial charge is 0.122 e. The Labute approximate surface area is 78.2 Å². The van der Waals surface area contributed by atoms with E-state index in [1.165, 1.54) is 0 Å². The van der Waals surface area contributed by atoms with Gasteiger partial charge in [0.2, 0.25) is 0 Å². The van der Waals surface area contributed by atoms with Gasteiger partial charge in [-0.3, -0.25) is 0 Å². The Morgan fingerprint density at radius 2 is 1.08 bits per heavy atom. The minimum absolute atomic E-state index is 0.787. The Balaban J connectivity index is 2.21. The molecular weight excluding hydrogens is 150 g/mol. The molecule has 3 nitrogen and oxygen atoms in total. The van der Waals surface area contributed by atoms with Crippen LogP contribution in [0.15, 0.2) is 0 Å². The van der Waals surface area contributed by atoms with Gasteiger partial charge in [-0.1, -0.05) is 0 Å². The van der Waals surface area contributed by atoms with E-state index in [0.717, 1.165) is 58.5 Å². The lowest BCUT2D eigenvalue weighted by atomic mass is 10.3. The van der Waals surface area contributed by atoms with Gasteiger partial charge in [0.15, 0.2) is 0 Å². The van der Waals surface area contributed by atoms with Crippen molar-refractivity contribution in [3.05, 3.63) is 0 Å². The molecule has 0 amide bonds. The molecule has 0 saturated carbocycles. The molecule has 1 rings (SSSR count). The van der Waals surface area contributed by atoms with Gasteiger partial charge in [0.05, 0.1) is 0 Å². The van der Waals surface area contributed by atoms with E-state index in [4.69, 9.17) is 2.82 Å². The largest absolute Gasteiger partial charge is 0.317 e. The van der Waals surface area contributed by atoms with Gasteiger partial charge in [0, 0.05) is 0 Å². The summed E-state index contributed by atoms with van der Waals surface area (Å²) in [6, 6.07) is 0. The van der Waals surface area contributed by atoms with Crippen LogP contribution in [0.3, 0.4) is 0 Å². The summed E-state index contributed by atoms with van der Waals surface area (Å²) in [5.74, 6) is 0. The quantitative estimate of drug-likeness (QED) is 0.480. The molecule has 0 aromatic carbocycles. The molecule has 0 aliphatic carbocycles. The van der Waals surface area contributed by atoms with E-state index in [0.29, 0.717) is 0 Å². The van der Waals surface area contributed by atoms with Crippen LogP contribution in [0.5, 0.6) is 0 Å². The van der Waals surface area contributed by atoms with E-state index in [1.807, 2.05) is 0 Å². The third-order valence-corrected chi connectivity index (χ3v) is 1.97. The highest BCUT2D eigenvalue weighted by Gasteiger charge is 1.93. The highest BCUT2D eigenvalue weighted by Crippen LogP contribution is 1.81. The summed E-state index contributed by atoms with van der Waals surface area (Å²) in [6.45, 7) is 5.24. The predicted octanol–water partition coefficient (Wildman–Crippen LogP) is -0.0609. The van der Waals surface area contributed by atoms with Crippen molar-refractivity contribution in [3.63, 3.8) is 0 Å². The summed E-state index contributed by atoms with van der Waals surface area (Å²) in [6.07, 6.45) is 3.03. The molecule has 72 valence electrons. The maximum absolute atomic E-state index is 7.60. The summed E-state index contributed by atoms with van der Waals surface area (Å²) in [5.41, 5.74) is 0. The van der Waals surface area contributed by atoms with Crippen LogP contribution in [0.2, 0.25) is 2.82 Å². The van der Waals surface area contributed by atoms with E-state index in [1.54, 1.807) is 10.6 Å². The van der Waals surface area contributed by atoms with Crippen LogP contribution in [0.1, 0.15) is 19.3 Å². The maximum atomic E-state index is 7.60. The van der Waals surface area contributed by atoms with E-state index in [2.05, 4.69) is 5.32 Å². The third-order valence-electron chi connectivity index (χ3n) is 1.97. The predicted molar refractivity (Wildman–Crippen MR) is 52.5 cm³/mol. The fraction of sp³-hybridized carbons (Fsp3) is 1.00. The monoisotopic (exact) mass is 173 g/mol. The Kier molecular flexibility index (Phi) is 4.58. The normalized spacial score (nSPS) is 29.7. The molecule has 0 radical (unpaired) electrons. The lowest BCUT2D eigenvalue weighted by molar-refractivity contribution is 0.527. The highest BCUT2D eigenvalue weighted by atomic mass is 14.9. The molecule has 0 aromatic heterocycles. The van der Waals surface area contributed by atoms with Gasteiger partial charge < -0.3 is 15.9 Å². The van der Waals surface area contributed by atoms with Crippen molar-refractivity contribution >= 4 is 0 Å². The molecule has 0 bridgehead atoms. The van der Waals surface area contributed by atoms with Gasteiger partial charge >= 0.3 is 0 Å². The zero-order valence-electron chi connectivity index (χ0n) is 9.76. The first-order chi connectivity index (χ1) is 6.79. The molecule has 1 heterocycles. The minimum Gasteiger partial charge on any atom is -0.317 e. The summed E-state index contributed by atoms with van der Waals surface area (Å²) >= 11 is 0. The molecule has 1 aliphatic heterocycles. The molecule has 1 aliphatic rings. The maximum Gasteiger partial charge on any atom is 0.122 e. The summed E-state index contributed by atoms with van der Waals surface area (Å²) in [7, 11) is 0. The topological polar surface area (TPSA) is 36.1 Å². The van der Waals surface area contributed by atoms with Gasteiger partial charge in [0.25, 0.3) is 0 Å². The van der Waals surface area contributed by atoms with Crippen molar-refractivity contribution in [2.75, 3.05) is 39.3 Å². The molecule has 0 spiro atoms. The van der Waals surface area contributed by atoms with Crippen LogP contribution < -0.4 is 15.9 Å². The summed E-state index contributed by atoms with van der Waals surface area (Å²) < 4.78 is 15.2. The Hall–Kier alpha value is -0.120. The van der Waals surface area contributed by atoms with Crippen molar-refractivity contribution in [1.29, 1.82) is 0 Å². The average Bonchev–Trinajstić information content (AvgIpc) is 2.14. The van der Waals surface area contributed by atoms with E-state index in [-0.39, 0.29) is 0 Å². The Morgan fingerprint density at radius 3 is 1.58 bits per heavy atom. The molecule has 12 heavy (non-hydrogen) atoms. The number of rotatable bonds is 0. The molecular formula is C9H21N3. The van der Waals surface area contributed by atoms with Crippen LogP contribution in [-0.4, -0.2) is 39.3 Å².